The molecule has 158 valence electrons. The Hall–Kier alpha value is -2.81. The summed E-state index contributed by atoms with van der Waals surface area (Å²) in [5.41, 5.74) is 1.30. The van der Waals surface area contributed by atoms with Crippen LogP contribution >= 0.6 is 11.5 Å². The molecule has 1 saturated carbocycles. The second-order valence-corrected chi connectivity index (χ2v) is 9.00. The Balaban J connectivity index is 1.82. The van der Waals surface area contributed by atoms with Crippen LogP contribution in [-0.4, -0.2) is 48.1 Å². The highest BCUT2D eigenvalue weighted by Crippen LogP contribution is 2.46. The molecule has 0 radical (unpaired) electrons. The molecule has 1 N–H and O–H groups in total. The van der Waals surface area contributed by atoms with Gasteiger partial charge in [-0.05, 0) is 48.6 Å². The second-order valence-electron chi connectivity index (χ2n) is 8.20. The third-order valence-corrected chi connectivity index (χ3v) is 6.65. The van der Waals surface area contributed by atoms with Crippen LogP contribution < -0.4 is 20.6 Å². The van der Waals surface area contributed by atoms with E-state index in [1.165, 1.54) is 18.7 Å². The summed E-state index contributed by atoms with van der Waals surface area (Å²) in [4.78, 5) is 29.9. The first-order valence-electron chi connectivity index (χ1n) is 9.97. The van der Waals surface area contributed by atoms with Gasteiger partial charge in [0.25, 0.3) is 5.56 Å². The van der Waals surface area contributed by atoms with Crippen LogP contribution in [0.5, 0.6) is 5.75 Å². The summed E-state index contributed by atoms with van der Waals surface area (Å²) in [6, 6.07) is 1.45. The van der Waals surface area contributed by atoms with Crippen molar-refractivity contribution in [1.29, 1.82) is 0 Å². The molecule has 2 fully saturated rings. The lowest BCUT2D eigenvalue weighted by atomic mass is 10.1. The third-order valence-electron chi connectivity index (χ3n) is 5.77. The maximum absolute atomic E-state index is 15.4. The van der Waals surface area contributed by atoms with Crippen molar-refractivity contribution in [3.63, 3.8) is 0 Å². The van der Waals surface area contributed by atoms with Gasteiger partial charge in [0.05, 0.1) is 18.0 Å². The van der Waals surface area contributed by atoms with Crippen molar-refractivity contribution in [2.75, 3.05) is 39.2 Å². The van der Waals surface area contributed by atoms with E-state index in [4.69, 9.17) is 4.74 Å². The topological polar surface area (TPSA) is 70.6 Å². The van der Waals surface area contributed by atoms with Crippen LogP contribution in [0.4, 0.5) is 10.1 Å². The summed E-state index contributed by atoms with van der Waals surface area (Å²) in [6.45, 7) is 1.27. The van der Waals surface area contributed by atoms with Crippen molar-refractivity contribution in [1.82, 2.24) is 13.8 Å². The van der Waals surface area contributed by atoms with Crippen LogP contribution in [-0.2, 0) is 0 Å². The number of hydrogen-bond donors (Lipinski definition) is 1. The van der Waals surface area contributed by atoms with Crippen molar-refractivity contribution >= 4 is 38.3 Å². The van der Waals surface area contributed by atoms with Crippen molar-refractivity contribution in [3.8, 4) is 5.75 Å². The minimum absolute atomic E-state index is 0.103. The number of aromatic amines is 1. The molecule has 0 bridgehead atoms. The van der Waals surface area contributed by atoms with Gasteiger partial charge in [0.15, 0.2) is 11.6 Å². The zero-order valence-corrected chi connectivity index (χ0v) is 17.9. The number of ether oxygens (including phenoxy) is 1. The summed E-state index contributed by atoms with van der Waals surface area (Å²) in [6.07, 6.45) is 4.81. The number of fused-ring (bicyclic) bond motifs is 2. The van der Waals surface area contributed by atoms with E-state index < -0.39 is 16.8 Å². The summed E-state index contributed by atoms with van der Waals surface area (Å²) in [5.74, 6) is -0.140. The van der Waals surface area contributed by atoms with Gasteiger partial charge in [-0.15, -0.1) is 0 Å². The number of H-pyrrole nitrogens is 1. The summed E-state index contributed by atoms with van der Waals surface area (Å²) >= 11 is 1.15. The minimum atomic E-state index is -0.504. The van der Waals surface area contributed by atoms with Crippen LogP contribution in [0.25, 0.3) is 21.1 Å². The molecule has 2 aliphatic rings. The number of hydrogen-bond acceptors (Lipinski definition) is 6. The molecule has 3 heterocycles. The first-order chi connectivity index (χ1) is 14.4. The molecule has 1 saturated heterocycles. The Bertz CT molecular complexity index is 1320. The first kappa shape index (κ1) is 19.2. The van der Waals surface area contributed by atoms with E-state index in [1.807, 2.05) is 28.5 Å². The number of nitrogens with zero attached hydrogens (tertiary/aromatic N) is 3. The van der Waals surface area contributed by atoms with E-state index in [0.29, 0.717) is 34.9 Å². The van der Waals surface area contributed by atoms with Gasteiger partial charge in [0.2, 0.25) is 5.43 Å². The lowest BCUT2D eigenvalue weighted by Gasteiger charge is -2.24. The number of halogens is 1. The predicted molar refractivity (Wildman–Crippen MR) is 118 cm³/mol. The van der Waals surface area contributed by atoms with E-state index in [0.717, 1.165) is 30.8 Å². The standard InChI is InChI=1S/C21H23FN4O3S/c1-24(2)9-11-6-7-25(10-11)17-14(22)8-13-16(19(17)29-3)26(12-4-5-12)21-15(18(13)27)20(28)23-30-21/h8-9,12H,4-7,10H2,1-3H3,(H,23,28)/b11-9+. The van der Waals surface area contributed by atoms with Crippen molar-refractivity contribution in [3.05, 3.63) is 44.2 Å². The highest BCUT2D eigenvalue weighted by atomic mass is 32.1. The third kappa shape index (κ3) is 2.83. The van der Waals surface area contributed by atoms with Crippen LogP contribution in [0, 0.1) is 5.82 Å². The highest BCUT2D eigenvalue weighted by Gasteiger charge is 2.33. The maximum atomic E-state index is 15.4. The monoisotopic (exact) mass is 430 g/mol. The Labute approximate surface area is 176 Å². The van der Waals surface area contributed by atoms with E-state index >= 15 is 4.39 Å². The lowest BCUT2D eigenvalue weighted by molar-refractivity contribution is 0.414. The summed E-state index contributed by atoms with van der Waals surface area (Å²) in [7, 11) is 5.44. The highest BCUT2D eigenvalue weighted by molar-refractivity contribution is 7.12. The van der Waals surface area contributed by atoms with Crippen molar-refractivity contribution in [2.24, 2.45) is 0 Å². The predicted octanol–water partition coefficient (Wildman–Crippen LogP) is 3.04. The van der Waals surface area contributed by atoms with Crippen LogP contribution in [0.3, 0.4) is 0 Å². The fourth-order valence-electron chi connectivity index (χ4n) is 4.43. The van der Waals surface area contributed by atoms with Gasteiger partial charge in [-0.3, -0.25) is 14.0 Å². The molecule has 3 aromatic rings. The average molecular weight is 431 g/mol. The summed E-state index contributed by atoms with van der Waals surface area (Å²) < 4.78 is 25.8. The number of methoxy groups -OCH3 is 1. The van der Waals surface area contributed by atoms with E-state index in [1.54, 1.807) is 0 Å². The first-order valence-corrected chi connectivity index (χ1v) is 10.8. The molecule has 0 amide bonds. The van der Waals surface area contributed by atoms with Gasteiger partial charge in [-0.1, -0.05) is 0 Å². The number of pyridine rings is 1. The largest absolute Gasteiger partial charge is 0.492 e. The Morgan fingerprint density at radius 2 is 2.10 bits per heavy atom. The van der Waals surface area contributed by atoms with Gasteiger partial charge >= 0.3 is 0 Å². The molecule has 2 aromatic heterocycles. The number of benzene rings is 1. The van der Waals surface area contributed by atoms with Crippen LogP contribution in [0.2, 0.25) is 0 Å². The molecule has 30 heavy (non-hydrogen) atoms. The van der Waals surface area contributed by atoms with Crippen molar-refractivity contribution in [2.45, 2.75) is 25.3 Å². The fourth-order valence-corrected chi connectivity index (χ4v) is 5.35. The molecule has 0 spiro atoms. The number of nitrogens with one attached hydrogen (secondary N) is 1. The smallest absolute Gasteiger partial charge is 0.271 e. The molecule has 1 aliphatic carbocycles. The van der Waals surface area contributed by atoms with Gasteiger partial charge in [-0.2, -0.15) is 0 Å². The van der Waals surface area contributed by atoms with E-state index in [2.05, 4.69) is 10.6 Å². The molecule has 7 nitrogen and oxygen atoms in total. The zero-order valence-electron chi connectivity index (χ0n) is 17.1. The quantitative estimate of drug-likeness (QED) is 0.689. The SMILES string of the molecule is COc1c(N2CC/C(=C\N(C)C)C2)c(F)cc2c(=O)c3c(=O)[nH]sc3n(C3CC3)c12. The molecular formula is C21H23FN4O3S. The number of aromatic nitrogens is 2. The molecule has 0 unspecified atom stereocenters. The molecule has 1 aliphatic heterocycles. The van der Waals surface area contributed by atoms with E-state index in [-0.39, 0.29) is 16.8 Å². The Morgan fingerprint density at radius 3 is 2.77 bits per heavy atom. The number of anilines is 1. The zero-order chi connectivity index (χ0) is 21.2. The average Bonchev–Trinajstić information content (AvgIpc) is 3.32. The molecule has 1 aromatic carbocycles. The van der Waals surface area contributed by atoms with Gasteiger partial charge in [-0.25, -0.2) is 4.39 Å². The van der Waals surface area contributed by atoms with Crippen molar-refractivity contribution < 1.29 is 9.13 Å². The van der Waals surface area contributed by atoms with E-state index in [9.17, 15) is 9.59 Å². The van der Waals surface area contributed by atoms with Crippen LogP contribution in [0.15, 0.2) is 27.4 Å². The summed E-state index contributed by atoms with van der Waals surface area (Å²) in [5, 5.41) is 0.297. The Kier molecular flexibility index (Phi) is 4.39. The molecule has 9 heteroatoms. The van der Waals surface area contributed by atoms with Crippen LogP contribution in [0.1, 0.15) is 25.3 Å². The Morgan fingerprint density at radius 1 is 1.33 bits per heavy atom. The molecule has 5 rings (SSSR count). The fraction of sp³-hybridized carbons (Fsp3) is 0.429. The maximum Gasteiger partial charge on any atom is 0.271 e. The van der Waals surface area contributed by atoms with Gasteiger partial charge < -0.3 is 19.1 Å². The lowest BCUT2D eigenvalue weighted by Crippen LogP contribution is -2.22. The number of rotatable bonds is 4. The van der Waals surface area contributed by atoms with Gasteiger partial charge in [0, 0.05) is 33.2 Å². The van der Waals surface area contributed by atoms with Gasteiger partial charge in [0.1, 0.15) is 15.9 Å². The molecule has 0 atom stereocenters. The minimum Gasteiger partial charge on any atom is -0.492 e. The molecular weight excluding hydrogens is 407 g/mol. The second kappa shape index (κ2) is 6.87. The normalized spacial score (nSPS) is 18.1.